The monoisotopic (exact) mass is 385 g/mol. The molecule has 3 rings (SSSR count). The molecule has 0 saturated heterocycles. The van der Waals surface area contributed by atoms with Crippen LogP contribution in [-0.2, 0) is 9.53 Å². The van der Waals surface area contributed by atoms with Gasteiger partial charge in [-0.15, -0.1) is 11.3 Å². The van der Waals surface area contributed by atoms with Crippen LogP contribution in [0.5, 0.6) is 5.75 Å². The second-order valence-corrected chi connectivity index (χ2v) is 6.50. The predicted octanol–water partition coefficient (Wildman–Crippen LogP) is 3.72. The van der Waals surface area contributed by atoms with Crippen LogP contribution in [-0.4, -0.2) is 35.6 Å². The van der Waals surface area contributed by atoms with Crippen LogP contribution in [0.3, 0.4) is 0 Å². The number of thiazole rings is 1. The molecule has 27 heavy (non-hydrogen) atoms. The van der Waals surface area contributed by atoms with Gasteiger partial charge in [0.2, 0.25) is 5.91 Å². The molecule has 0 radical (unpaired) electrons. The lowest BCUT2D eigenvalue weighted by atomic mass is 10.2. The van der Waals surface area contributed by atoms with Crippen LogP contribution in [0.4, 0.5) is 5.13 Å². The summed E-state index contributed by atoms with van der Waals surface area (Å²) in [5.41, 5.74) is 1.78. The lowest BCUT2D eigenvalue weighted by Crippen LogP contribution is -2.12. The van der Waals surface area contributed by atoms with Crippen molar-refractivity contribution < 1.29 is 19.1 Å². The maximum absolute atomic E-state index is 12.0. The van der Waals surface area contributed by atoms with E-state index < -0.39 is 5.97 Å². The zero-order valence-corrected chi connectivity index (χ0v) is 15.5. The van der Waals surface area contributed by atoms with Gasteiger partial charge in [-0.25, -0.2) is 9.78 Å². The molecule has 7 nitrogen and oxygen atoms in total. The standard InChI is InChI=1S/C19H19N3O4S/c1-25-18(24)15-10-13(11-20-15)16-12-27-19(21-16)22-17(23)8-5-9-26-14-6-3-2-4-7-14/h2-4,6-7,10-12,20H,5,8-9H2,1H3,(H,21,22,23). The Kier molecular flexibility index (Phi) is 6.22. The molecule has 140 valence electrons. The second kappa shape index (κ2) is 9.00. The van der Waals surface area contributed by atoms with Crippen molar-refractivity contribution in [2.75, 3.05) is 19.0 Å². The van der Waals surface area contributed by atoms with E-state index in [1.807, 2.05) is 35.7 Å². The van der Waals surface area contributed by atoms with Gasteiger partial charge in [0.15, 0.2) is 5.13 Å². The highest BCUT2D eigenvalue weighted by Gasteiger charge is 2.12. The van der Waals surface area contributed by atoms with Crippen molar-refractivity contribution in [3.63, 3.8) is 0 Å². The van der Waals surface area contributed by atoms with Crippen LogP contribution in [0, 0.1) is 0 Å². The Bertz CT molecular complexity index is 905. The third-order valence-corrected chi connectivity index (χ3v) is 4.45. The Morgan fingerprint density at radius 3 is 2.85 bits per heavy atom. The number of benzene rings is 1. The van der Waals surface area contributed by atoms with E-state index in [1.54, 1.807) is 12.3 Å². The zero-order chi connectivity index (χ0) is 19.1. The smallest absolute Gasteiger partial charge is 0.354 e. The van der Waals surface area contributed by atoms with Crippen molar-refractivity contribution in [1.82, 2.24) is 9.97 Å². The van der Waals surface area contributed by atoms with Gasteiger partial charge in [0.05, 0.1) is 19.4 Å². The number of nitrogens with zero attached hydrogens (tertiary/aromatic N) is 1. The molecule has 0 aliphatic heterocycles. The maximum atomic E-state index is 12.0. The molecule has 0 spiro atoms. The van der Waals surface area contributed by atoms with Crippen molar-refractivity contribution in [3.8, 4) is 17.0 Å². The molecule has 8 heteroatoms. The van der Waals surface area contributed by atoms with Gasteiger partial charge in [0.25, 0.3) is 0 Å². The number of H-pyrrole nitrogens is 1. The van der Waals surface area contributed by atoms with Crippen LogP contribution in [0.2, 0.25) is 0 Å². The van der Waals surface area contributed by atoms with Crippen LogP contribution >= 0.6 is 11.3 Å². The van der Waals surface area contributed by atoms with E-state index >= 15 is 0 Å². The first-order chi connectivity index (χ1) is 13.2. The van der Waals surface area contributed by atoms with Crippen LogP contribution in [0.1, 0.15) is 23.3 Å². The van der Waals surface area contributed by atoms with Crippen LogP contribution in [0.25, 0.3) is 11.3 Å². The molecule has 2 heterocycles. The largest absolute Gasteiger partial charge is 0.494 e. The Morgan fingerprint density at radius 2 is 2.07 bits per heavy atom. The highest BCUT2D eigenvalue weighted by molar-refractivity contribution is 7.14. The predicted molar refractivity (Wildman–Crippen MR) is 103 cm³/mol. The number of aromatic nitrogens is 2. The van der Waals surface area contributed by atoms with Gasteiger partial charge in [-0.1, -0.05) is 18.2 Å². The summed E-state index contributed by atoms with van der Waals surface area (Å²) >= 11 is 1.33. The minimum Gasteiger partial charge on any atom is -0.494 e. The number of methoxy groups -OCH3 is 1. The number of ether oxygens (including phenoxy) is 2. The molecular weight excluding hydrogens is 366 g/mol. The molecule has 1 aromatic carbocycles. The number of aromatic amines is 1. The molecule has 0 fully saturated rings. The summed E-state index contributed by atoms with van der Waals surface area (Å²) in [5.74, 6) is 0.236. The first-order valence-corrected chi connectivity index (χ1v) is 9.24. The molecule has 0 saturated carbocycles. The Morgan fingerprint density at radius 1 is 1.26 bits per heavy atom. The van der Waals surface area contributed by atoms with Gasteiger partial charge in [0, 0.05) is 23.6 Å². The molecule has 0 atom stereocenters. The highest BCUT2D eigenvalue weighted by Crippen LogP contribution is 2.25. The quantitative estimate of drug-likeness (QED) is 0.455. The summed E-state index contributed by atoms with van der Waals surface area (Å²) in [6.07, 6.45) is 2.63. The van der Waals surface area contributed by atoms with E-state index in [9.17, 15) is 9.59 Å². The normalized spacial score (nSPS) is 10.4. The molecule has 0 aliphatic rings. The molecule has 2 aromatic heterocycles. The third-order valence-electron chi connectivity index (χ3n) is 3.69. The van der Waals surface area contributed by atoms with Crippen molar-refractivity contribution >= 4 is 28.3 Å². The lowest BCUT2D eigenvalue weighted by Gasteiger charge is -2.05. The Hall–Kier alpha value is -3.13. The van der Waals surface area contributed by atoms with Crippen LogP contribution < -0.4 is 10.1 Å². The zero-order valence-electron chi connectivity index (χ0n) is 14.7. The van der Waals surface area contributed by atoms with Gasteiger partial charge < -0.3 is 19.8 Å². The fraction of sp³-hybridized carbons (Fsp3) is 0.211. The van der Waals surface area contributed by atoms with Gasteiger partial charge in [-0.3, -0.25) is 4.79 Å². The van der Waals surface area contributed by atoms with E-state index in [2.05, 4.69) is 20.0 Å². The molecule has 2 N–H and O–H groups in total. The van der Waals surface area contributed by atoms with Crippen molar-refractivity contribution in [2.45, 2.75) is 12.8 Å². The van der Waals surface area contributed by atoms with Crippen molar-refractivity contribution in [2.24, 2.45) is 0 Å². The van der Waals surface area contributed by atoms with E-state index in [1.165, 1.54) is 18.4 Å². The minimum absolute atomic E-state index is 0.114. The highest BCUT2D eigenvalue weighted by atomic mass is 32.1. The first-order valence-electron chi connectivity index (χ1n) is 8.36. The topological polar surface area (TPSA) is 93.3 Å². The van der Waals surface area contributed by atoms with Crippen LogP contribution in [0.15, 0.2) is 48.0 Å². The van der Waals surface area contributed by atoms with Crippen molar-refractivity contribution in [1.29, 1.82) is 0 Å². The summed E-state index contributed by atoms with van der Waals surface area (Å²) in [6.45, 7) is 0.472. The summed E-state index contributed by atoms with van der Waals surface area (Å²) in [6, 6.07) is 11.1. The third kappa shape index (κ3) is 5.18. The number of rotatable bonds is 8. The fourth-order valence-corrected chi connectivity index (χ4v) is 3.09. The summed E-state index contributed by atoms with van der Waals surface area (Å²) < 4.78 is 10.2. The lowest BCUT2D eigenvalue weighted by molar-refractivity contribution is -0.116. The van der Waals surface area contributed by atoms with E-state index in [0.717, 1.165) is 11.3 Å². The van der Waals surface area contributed by atoms with E-state index in [0.29, 0.717) is 36.0 Å². The van der Waals surface area contributed by atoms with Gasteiger partial charge in [-0.05, 0) is 24.6 Å². The number of anilines is 1. The Labute approximate surface area is 160 Å². The first kappa shape index (κ1) is 18.7. The number of hydrogen-bond donors (Lipinski definition) is 2. The van der Waals surface area contributed by atoms with Gasteiger partial charge in [-0.2, -0.15) is 0 Å². The molecular formula is C19H19N3O4S. The van der Waals surface area contributed by atoms with E-state index in [4.69, 9.17) is 4.74 Å². The number of esters is 1. The average molecular weight is 385 g/mol. The Balaban J connectivity index is 1.46. The molecule has 3 aromatic rings. The molecule has 0 unspecified atom stereocenters. The SMILES string of the molecule is COC(=O)c1cc(-c2csc(NC(=O)CCCOc3ccccc3)n2)c[nH]1. The number of hydrogen-bond acceptors (Lipinski definition) is 6. The van der Waals surface area contributed by atoms with Crippen molar-refractivity contribution in [3.05, 3.63) is 53.7 Å². The minimum atomic E-state index is -0.442. The summed E-state index contributed by atoms with van der Waals surface area (Å²) in [7, 11) is 1.32. The van der Waals surface area contributed by atoms with E-state index in [-0.39, 0.29) is 5.91 Å². The summed E-state index contributed by atoms with van der Waals surface area (Å²) in [5, 5.41) is 5.11. The average Bonchev–Trinajstić information content (AvgIpc) is 3.35. The number of para-hydroxylation sites is 1. The summed E-state index contributed by atoms with van der Waals surface area (Å²) in [4.78, 5) is 30.7. The maximum Gasteiger partial charge on any atom is 0.354 e. The number of amides is 1. The fourth-order valence-electron chi connectivity index (χ4n) is 2.36. The molecule has 0 aliphatic carbocycles. The van der Waals surface area contributed by atoms with Gasteiger partial charge in [0.1, 0.15) is 11.4 Å². The number of carbonyl (C=O) groups excluding carboxylic acids is 2. The second-order valence-electron chi connectivity index (χ2n) is 5.64. The molecule has 1 amide bonds. The number of nitrogens with one attached hydrogen (secondary N) is 2. The molecule has 0 bridgehead atoms. The number of carbonyl (C=O) groups is 2. The van der Waals surface area contributed by atoms with Gasteiger partial charge >= 0.3 is 5.97 Å².